The highest BCUT2D eigenvalue weighted by Gasteiger charge is 2.18. The van der Waals surface area contributed by atoms with Gasteiger partial charge in [0, 0.05) is 6.54 Å². The topological polar surface area (TPSA) is 95.6 Å². The molecule has 0 fully saturated rings. The van der Waals surface area contributed by atoms with Crippen LogP contribution >= 0.6 is 15.9 Å². The fourth-order valence-corrected chi connectivity index (χ4v) is 1.65. The molecular weight excluding hydrogens is 280 g/mol. The van der Waals surface area contributed by atoms with Crippen LogP contribution in [0.5, 0.6) is 0 Å². The van der Waals surface area contributed by atoms with Crippen molar-refractivity contribution in [1.82, 2.24) is 0 Å². The quantitative estimate of drug-likeness (QED) is 0.558. The molecule has 0 bridgehead atoms. The Kier molecular flexibility index (Phi) is 4.66. The number of nitrogens with zero attached hydrogens (tertiary/aromatic N) is 1. The van der Waals surface area contributed by atoms with Gasteiger partial charge >= 0.3 is 5.69 Å². The molecule has 7 heteroatoms. The second kappa shape index (κ2) is 5.78. The summed E-state index contributed by atoms with van der Waals surface area (Å²) in [5, 5.41) is 31.2. The molecule has 88 valence electrons. The molecule has 0 aliphatic rings. The molecule has 0 spiro atoms. The second-order valence-electron chi connectivity index (χ2n) is 3.11. The molecule has 1 aromatic carbocycles. The number of para-hydroxylation sites is 1. The van der Waals surface area contributed by atoms with Gasteiger partial charge in [-0.05, 0) is 28.1 Å². The molecule has 1 aromatic rings. The van der Waals surface area contributed by atoms with E-state index >= 15 is 0 Å². The van der Waals surface area contributed by atoms with Crippen molar-refractivity contribution in [2.45, 2.75) is 6.10 Å². The van der Waals surface area contributed by atoms with Gasteiger partial charge in [-0.3, -0.25) is 10.1 Å². The molecule has 1 unspecified atom stereocenters. The van der Waals surface area contributed by atoms with Crippen LogP contribution in [0.25, 0.3) is 0 Å². The molecule has 1 atom stereocenters. The Bertz CT molecular complexity index is 386. The van der Waals surface area contributed by atoms with Crippen LogP contribution < -0.4 is 5.32 Å². The lowest BCUT2D eigenvalue weighted by atomic mass is 10.2. The minimum Gasteiger partial charge on any atom is -0.394 e. The minimum absolute atomic E-state index is 0.0494. The first kappa shape index (κ1) is 12.9. The Labute approximate surface area is 100 Å². The predicted molar refractivity (Wildman–Crippen MR) is 62.4 cm³/mol. The molecule has 0 aliphatic heterocycles. The normalized spacial score (nSPS) is 12.2. The van der Waals surface area contributed by atoms with Crippen LogP contribution in [0.1, 0.15) is 0 Å². The number of hydrogen-bond donors (Lipinski definition) is 3. The number of nitro benzene ring substituents is 1. The standard InChI is InChI=1S/C9H11BrN2O4/c10-7-2-1-3-8(9(7)12(15)16)11-4-6(14)5-13/h1-3,6,11,13-14H,4-5H2. The monoisotopic (exact) mass is 290 g/mol. The summed E-state index contributed by atoms with van der Waals surface area (Å²) >= 11 is 3.08. The lowest BCUT2D eigenvalue weighted by molar-refractivity contribution is -0.384. The highest BCUT2D eigenvalue weighted by molar-refractivity contribution is 9.10. The van der Waals surface area contributed by atoms with Crippen LogP contribution in [-0.2, 0) is 0 Å². The average molecular weight is 291 g/mol. The van der Waals surface area contributed by atoms with Crippen molar-refractivity contribution in [2.75, 3.05) is 18.5 Å². The van der Waals surface area contributed by atoms with Crippen molar-refractivity contribution in [3.05, 3.63) is 32.8 Å². The molecule has 3 N–H and O–H groups in total. The molecule has 0 aromatic heterocycles. The van der Waals surface area contributed by atoms with Gasteiger partial charge in [0.2, 0.25) is 0 Å². The maximum Gasteiger partial charge on any atom is 0.306 e. The summed E-state index contributed by atoms with van der Waals surface area (Å²) in [6.45, 7) is -0.345. The number of anilines is 1. The predicted octanol–water partition coefficient (Wildman–Crippen LogP) is 1.12. The summed E-state index contributed by atoms with van der Waals surface area (Å²) in [4.78, 5) is 10.3. The fraction of sp³-hybridized carbons (Fsp3) is 0.333. The fourth-order valence-electron chi connectivity index (χ4n) is 1.14. The number of nitro groups is 1. The van der Waals surface area contributed by atoms with Gasteiger partial charge in [0.1, 0.15) is 5.69 Å². The van der Waals surface area contributed by atoms with Crippen molar-refractivity contribution in [2.24, 2.45) is 0 Å². The van der Waals surface area contributed by atoms with E-state index in [1.807, 2.05) is 0 Å². The zero-order valence-corrected chi connectivity index (χ0v) is 9.85. The molecular formula is C9H11BrN2O4. The summed E-state index contributed by atoms with van der Waals surface area (Å²) in [5.41, 5.74) is 0.208. The van der Waals surface area contributed by atoms with Crippen LogP contribution in [-0.4, -0.2) is 34.4 Å². The van der Waals surface area contributed by atoms with Gasteiger partial charge in [0.15, 0.2) is 0 Å². The third-order valence-electron chi connectivity index (χ3n) is 1.91. The minimum atomic E-state index is -0.946. The zero-order valence-electron chi connectivity index (χ0n) is 8.26. The van der Waals surface area contributed by atoms with E-state index in [2.05, 4.69) is 21.2 Å². The van der Waals surface area contributed by atoms with Crippen LogP contribution in [0.2, 0.25) is 0 Å². The summed E-state index contributed by atoms with van der Waals surface area (Å²) < 4.78 is 0.362. The number of nitrogens with one attached hydrogen (secondary N) is 1. The van der Waals surface area contributed by atoms with Crippen LogP contribution in [0.4, 0.5) is 11.4 Å². The molecule has 6 nitrogen and oxygen atoms in total. The number of rotatable bonds is 5. The average Bonchev–Trinajstić information content (AvgIpc) is 2.25. The van der Waals surface area contributed by atoms with Gasteiger partial charge in [-0.1, -0.05) is 6.07 Å². The highest BCUT2D eigenvalue weighted by Crippen LogP contribution is 2.32. The van der Waals surface area contributed by atoms with Gasteiger partial charge in [-0.25, -0.2) is 0 Å². The van der Waals surface area contributed by atoms with E-state index in [4.69, 9.17) is 10.2 Å². The van der Waals surface area contributed by atoms with E-state index in [9.17, 15) is 10.1 Å². The van der Waals surface area contributed by atoms with Crippen molar-refractivity contribution >= 4 is 27.3 Å². The Morgan fingerprint density at radius 2 is 2.25 bits per heavy atom. The molecule has 0 saturated heterocycles. The van der Waals surface area contributed by atoms with Gasteiger partial charge in [0.05, 0.1) is 22.1 Å². The van der Waals surface area contributed by atoms with Gasteiger partial charge < -0.3 is 15.5 Å². The molecule has 0 heterocycles. The molecule has 0 amide bonds. The molecule has 0 radical (unpaired) electrons. The van der Waals surface area contributed by atoms with Gasteiger partial charge in [-0.15, -0.1) is 0 Å². The van der Waals surface area contributed by atoms with Crippen molar-refractivity contribution < 1.29 is 15.1 Å². The summed E-state index contributed by atoms with van der Waals surface area (Å²) in [6, 6.07) is 4.74. The van der Waals surface area contributed by atoms with E-state index in [1.54, 1.807) is 12.1 Å². The van der Waals surface area contributed by atoms with Crippen LogP contribution in [0.15, 0.2) is 22.7 Å². The van der Waals surface area contributed by atoms with Gasteiger partial charge in [0.25, 0.3) is 0 Å². The third-order valence-corrected chi connectivity index (χ3v) is 2.55. The number of halogens is 1. The van der Waals surface area contributed by atoms with E-state index in [-0.39, 0.29) is 12.2 Å². The maximum atomic E-state index is 10.8. The first-order valence-corrected chi connectivity index (χ1v) is 5.31. The molecule has 0 saturated carbocycles. The summed E-state index contributed by atoms with van der Waals surface area (Å²) in [5.74, 6) is 0. The number of aliphatic hydroxyl groups is 2. The first-order chi connectivity index (χ1) is 7.56. The molecule has 16 heavy (non-hydrogen) atoms. The smallest absolute Gasteiger partial charge is 0.306 e. The third kappa shape index (κ3) is 3.16. The Morgan fingerprint density at radius 1 is 1.56 bits per heavy atom. The second-order valence-corrected chi connectivity index (χ2v) is 3.96. The lowest BCUT2D eigenvalue weighted by Crippen LogP contribution is -2.23. The summed E-state index contributed by atoms with van der Waals surface area (Å²) in [7, 11) is 0. The van der Waals surface area contributed by atoms with E-state index < -0.39 is 17.6 Å². The SMILES string of the molecule is O=[N+]([O-])c1c(Br)cccc1NCC(O)CO. The maximum absolute atomic E-state index is 10.8. The summed E-state index contributed by atoms with van der Waals surface area (Å²) in [6.07, 6.45) is -0.946. The lowest BCUT2D eigenvalue weighted by Gasteiger charge is -2.10. The van der Waals surface area contributed by atoms with Crippen molar-refractivity contribution in [1.29, 1.82) is 0 Å². The van der Waals surface area contributed by atoms with E-state index in [0.29, 0.717) is 10.2 Å². The van der Waals surface area contributed by atoms with Crippen molar-refractivity contribution in [3.8, 4) is 0 Å². The van der Waals surface area contributed by atoms with E-state index in [0.717, 1.165) is 0 Å². The molecule has 0 aliphatic carbocycles. The number of aliphatic hydroxyl groups excluding tert-OH is 2. The first-order valence-electron chi connectivity index (χ1n) is 4.52. The number of benzene rings is 1. The number of hydrogen-bond acceptors (Lipinski definition) is 5. The zero-order chi connectivity index (χ0) is 12.1. The van der Waals surface area contributed by atoms with Crippen molar-refractivity contribution in [3.63, 3.8) is 0 Å². The van der Waals surface area contributed by atoms with Crippen LogP contribution in [0.3, 0.4) is 0 Å². The van der Waals surface area contributed by atoms with E-state index in [1.165, 1.54) is 6.07 Å². The Hall–Kier alpha value is -1.18. The Balaban J connectivity index is 2.87. The Morgan fingerprint density at radius 3 is 2.81 bits per heavy atom. The van der Waals surface area contributed by atoms with Gasteiger partial charge in [-0.2, -0.15) is 0 Å². The van der Waals surface area contributed by atoms with Crippen LogP contribution in [0, 0.1) is 10.1 Å². The molecule has 1 rings (SSSR count). The highest BCUT2D eigenvalue weighted by atomic mass is 79.9. The largest absolute Gasteiger partial charge is 0.394 e.